The molecule has 2 N–H and O–H groups in total. The quantitative estimate of drug-likeness (QED) is 0.756. The molecule has 72 valence electrons. The largest absolute Gasteiger partial charge is 0.495 e. The lowest BCUT2D eigenvalue weighted by Crippen LogP contribution is -2.14. The molecule has 0 bridgehead atoms. The number of methoxy groups -OCH3 is 1. The fourth-order valence-corrected chi connectivity index (χ4v) is 1.05. The van der Waals surface area contributed by atoms with Gasteiger partial charge in [-0.05, 0) is 6.07 Å². The highest BCUT2D eigenvalue weighted by Crippen LogP contribution is 2.22. The van der Waals surface area contributed by atoms with Gasteiger partial charge >= 0.3 is 0 Å². The lowest BCUT2D eigenvalue weighted by molar-refractivity contribution is 0.0999. The smallest absolute Gasteiger partial charge is 0.250 e. The second-order valence-electron chi connectivity index (χ2n) is 2.51. The Bertz CT molecular complexity index is 424. The number of nitrogens with zero attached hydrogens (tertiary/aromatic N) is 1. The predicted molar refractivity (Wildman–Crippen MR) is 46.2 cm³/mol. The second-order valence-corrected chi connectivity index (χ2v) is 2.51. The van der Waals surface area contributed by atoms with Crippen molar-refractivity contribution in [1.29, 1.82) is 5.26 Å². The molecule has 0 aromatic heterocycles. The van der Waals surface area contributed by atoms with Crippen LogP contribution in [0.3, 0.4) is 0 Å². The van der Waals surface area contributed by atoms with Crippen molar-refractivity contribution in [1.82, 2.24) is 0 Å². The van der Waals surface area contributed by atoms with E-state index in [2.05, 4.69) is 0 Å². The molecule has 0 spiro atoms. The monoisotopic (exact) mass is 194 g/mol. The maximum Gasteiger partial charge on any atom is 0.250 e. The van der Waals surface area contributed by atoms with Crippen LogP contribution in [0.15, 0.2) is 12.1 Å². The summed E-state index contributed by atoms with van der Waals surface area (Å²) in [5.74, 6) is -1.53. The fraction of sp³-hybridized carbons (Fsp3) is 0.111. The minimum absolute atomic E-state index is 0.00120. The Balaban J connectivity index is 3.49. The number of hydrogen-bond acceptors (Lipinski definition) is 3. The van der Waals surface area contributed by atoms with E-state index in [-0.39, 0.29) is 16.9 Å². The van der Waals surface area contributed by atoms with Gasteiger partial charge in [0.15, 0.2) is 0 Å². The summed E-state index contributed by atoms with van der Waals surface area (Å²) < 4.78 is 17.6. The molecule has 0 atom stereocenters. The van der Waals surface area contributed by atoms with Crippen LogP contribution in [-0.4, -0.2) is 13.0 Å². The first kappa shape index (κ1) is 9.99. The van der Waals surface area contributed by atoms with Gasteiger partial charge in [0.25, 0.3) is 0 Å². The summed E-state index contributed by atoms with van der Waals surface area (Å²) >= 11 is 0. The molecule has 0 fully saturated rings. The van der Waals surface area contributed by atoms with E-state index in [9.17, 15) is 9.18 Å². The van der Waals surface area contributed by atoms with E-state index >= 15 is 0 Å². The molecule has 0 saturated heterocycles. The molecule has 0 aliphatic heterocycles. The summed E-state index contributed by atoms with van der Waals surface area (Å²) in [6.45, 7) is 0. The minimum Gasteiger partial charge on any atom is -0.495 e. The van der Waals surface area contributed by atoms with Crippen LogP contribution >= 0.6 is 0 Å². The standard InChI is InChI=1S/C9H7FN2O2/c1-14-8-3-5(10)2-6(9(12)13)7(8)4-11/h2-3H,1H3,(H2,12,13). The van der Waals surface area contributed by atoms with E-state index in [4.69, 9.17) is 15.7 Å². The highest BCUT2D eigenvalue weighted by molar-refractivity contribution is 5.96. The normalized spacial score (nSPS) is 9.21. The van der Waals surface area contributed by atoms with Crippen molar-refractivity contribution in [3.63, 3.8) is 0 Å². The zero-order valence-corrected chi connectivity index (χ0v) is 7.37. The molecule has 1 rings (SSSR count). The molecule has 5 heteroatoms. The van der Waals surface area contributed by atoms with Crippen LogP contribution in [-0.2, 0) is 0 Å². The van der Waals surface area contributed by atoms with Crippen molar-refractivity contribution in [2.45, 2.75) is 0 Å². The molecule has 0 unspecified atom stereocenters. The van der Waals surface area contributed by atoms with Crippen LogP contribution in [0.4, 0.5) is 4.39 Å². The van der Waals surface area contributed by atoms with E-state index in [0.29, 0.717) is 0 Å². The van der Waals surface area contributed by atoms with Gasteiger partial charge in [0, 0.05) is 6.07 Å². The predicted octanol–water partition coefficient (Wildman–Crippen LogP) is 0.805. The third kappa shape index (κ3) is 1.64. The summed E-state index contributed by atoms with van der Waals surface area (Å²) in [5, 5.41) is 8.71. The Hall–Kier alpha value is -2.09. The average Bonchev–Trinajstić information content (AvgIpc) is 2.16. The second kappa shape index (κ2) is 3.75. The molecule has 1 amide bonds. The van der Waals surface area contributed by atoms with Crippen molar-refractivity contribution in [2.75, 3.05) is 7.11 Å². The van der Waals surface area contributed by atoms with Crippen molar-refractivity contribution in [2.24, 2.45) is 5.73 Å². The van der Waals surface area contributed by atoms with Crippen LogP contribution in [0, 0.1) is 17.1 Å². The summed E-state index contributed by atoms with van der Waals surface area (Å²) in [5.41, 5.74) is 4.74. The molecule has 14 heavy (non-hydrogen) atoms. The van der Waals surface area contributed by atoms with E-state index < -0.39 is 11.7 Å². The van der Waals surface area contributed by atoms with Crippen LogP contribution in [0.25, 0.3) is 0 Å². The van der Waals surface area contributed by atoms with Gasteiger partial charge in [0.05, 0.1) is 12.7 Å². The summed E-state index contributed by atoms with van der Waals surface area (Å²) in [6, 6.07) is 3.66. The molecule has 1 aromatic carbocycles. The zero-order chi connectivity index (χ0) is 10.7. The number of primary amides is 1. The number of nitriles is 1. The molecule has 0 heterocycles. The Morgan fingerprint density at radius 3 is 2.71 bits per heavy atom. The number of amides is 1. The first-order chi connectivity index (χ1) is 6.60. The van der Waals surface area contributed by atoms with E-state index in [1.165, 1.54) is 7.11 Å². The third-order valence-electron chi connectivity index (χ3n) is 1.66. The average molecular weight is 194 g/mol. The van der Waals surface area contributed by atoms with Crippen LogP contribution in [0.5, 0.6) is 5.75 Å². The summed E-state index contributed by atoms with van der Waals surface area (Å²) in [7, 11) is 1.28. The van der Waals surface area contributed by atoms with Gasteiger partial charge < -0.3 is 10.5 Å². The van der Waals surface area contributed by atoms with Crippen molar-refractivity contribution < 1.29 is 13.9 Å². The Kier molecular flexibility index (Phi) is 2.67. The molecule has 0 aliphatic carbocycles. The van der Waals surface area contributed by atoms with Gasteiger partial charge in [-0.15, -0.1) is 0 Å². The molecular formula is C9H7FN2O2. The fourth-order valence-electron chi connectivity index (χ4n) is 1.05. The number of carbonyl (C=O) groups excluding carboxylic acids is 1. The molecule has 1 aromatic rings. The highest BCUT2D eigenvalue weighted by atomic mass is 19.1. The van der Waals surface area contributed by atoms with E-state index in [1.54, 1.807) is 6.07 Å². The first-order valence-electron chi connectivity index (χ1n) is 3.67. The van der Waals surface area contributed by atoms with E-state index in [0.717, 1.165) is 12.1 Å². The Labute approximate surface area is 79.7 Å². The number of halogens is 1. The van der Waals surface area contributed by atoms with Gasteiger partial charge in [-0.2, -0.15) is 5.26 Å². The van der Waals surface area contributed by atoms with E-state index in [1.807, 2.05) is 0 Å². The summed E-state index contributed by atoms with van der Waals surface area (Å²) in [6.07, 6.45) is 0. The summed E-state index contributed by atoms with van der Waals surface area (Å²) in [4.78, 5) is 10.8. The molecule has 0 saturated carbocycles. The van der Waals surface area contributed by atoms with Gasteiger partial charge in [-0.25, -0.2) is 4.39 Å². The Morgan fingerprint density at radius 2 is 2.29 bits per heavy atom. The number of nitrogens with two attached hydrogens (primary N) is 1. The topological polar surface area (TPSA) is 76.1 Å². The van der Waals surface area contributed by atoms with Crippen LogP contribution < -0.4 is 10.5 Å². The molecule has 0 radical (unpaired) electrons. The molecule has 0 aliphatic rings. The van der Waals surface area contributed by atoms with Gasteiger partial charge in [0.2, 0.25) is 5.91 Å². The maximum atomic E-state index is 12.9. The molecular weight excluding hydrogens is 187 g/mol. The number of benzene rings is 1. The van der Waals surface area contributed by atoms with Gasteiger partial charge in [0.1, 0.15) is 23.2 Å². The number of rotatable bonds is 2. The SMILES string of the molecule is COc1cc(F)cc(C(N)=O)c1C#N. The lowest BCUT2D eigenvalue weighted by Gasteiger charge is -2.05. The lowest BCUT2D eigenvalue weighted by atomic mass is 10.1. The van der Waals surface area contributed by atoms with Gasteiger partial charge in [-0.1, -0.05) is 0 Å². The minimum atomic E-state index is -0.862. The number of carbonyl (C=O) groups is 1. The van der Waals surface area contributed by atoms with Crippen molar-refractivity contribution in [3.05, 3.63) is 29.1 Å². The van der Waals surface area contributed by atoms with Gasteiger partial charge in [-0.3, -0.25) is 4.79 Å². The van der Waals surface area contributed by atoms with Crippen LogP contribution in [0.2, 0.25) is 0 Å². The number of hydrogen-bond donors (Lipinski definition) is 1. The maximum absolute atomic E-state index is 12.9. The highest BCUT2D eigenvalue weighted by Gasteiger charge is 2.15. The zero-order valence-electron chi connectivity index (χ0n) is 7.37. The molecule has 4 nitrogen and oxygen atoms in total. The Morgan fingerprint density at radius 1 is 1.64 bits per heavy atom. The van der Waals surface area contributed by atoms with Crippen LogP contribution in [0.1, 0.15) is 15.9 Å². The number of ether oxygens (including phenoxy) is 1. The first-order valence-corrected chi connectivity index (χ1v) is 3.67. The van der Waals surface area contributed by atoms with Crippen molar-refractivity contribution >= 4 is 5.91 Å². The third-order valence-corrected chi connectivity index (χ3v) is 1.66. The van der Waals surface area contributed by atoms with Crippen molar-refractivity contribution in [3.8, 4) is 11.8 Å².